The summed E-state index contributed by atoms with van der Waals surface area (Å²) in [4.78, 5) is 7.98. The normalized spacial score (nSPS) is 20.2. The lowest BCUT2D eigenvalue weighted by atomic mass is 10.0. The number of pyridine rings is 1. The van der Waals surface area contributed by atoms with Crippen LogP contribution in [-0.2, 0) is 0 Å². The molecule has 3 aromatic rings. The molecule has 0 spiro atoms. The number of hydrogen-bond donors (Lipinski definition) is 1. The third kappa shape index (κ3) is 2.85. The van der Waals surface area contributed by atoms with Crippen LogP contribution in [-0.4, -0.2) is 10.1 Å². The Labute approximate surface area is 158 Å². The summed E-state index contributed by atoms with van der Waals surface area (Å²) in [5.74, 6) is 0. The molecule has 1 aliphatic rings. The van der Waals surface area contributed by atoms with Crippen molar-refractivity contribution in [2.24, 2.45) is 0 Å². The Balaban J connectivity index is 1.82. The first-order valence-corrected chi connectivity index (χ1v) is 9.57. The molecule has 6 heteroatoms. The number of nitrogens with one attached hydrogen (secondary N) is 1. The van der Waals surface area contributed by atoms with E-state index >= 15 is 0 Å². The lowest BCUT2D eigenvalue weighted by Crippen LogP contribution is -2.28. The van der Waals surface area contributed by atoms with Gasteiger partial charge in [0.1, 0.15) is 0 Å². The molecule has 1 saturated heterocycles. The molecule has 4 rings (SSSR count). The Morgan fingerprint density at radius 2 is 1.83 bits per heavy atom. The molecule has 1 aromatic carbocycles. The molecule has 3 heterocycles. The van der Waals surface area contributed by atoms with E-state index in [1.807, 2.05) is 42.6 Å². The second-order valence-corrected chi connectivity index (χ2v) is 8.36. The smallest absolute Gasteiger partial charge is 0.174 e. The van der Waals surface area contributed by atoms with E-state index in [4.69, 9.17) is 12.2 Å². The minimum absolute atomic E-state index is 0.0180. The van der Waals surface area contributed by atoms with Gasteiger partial charge in [0.2, 0.25) is 0 Å². The molecule has 0 saturated carbocycles. The first-order chi connectivity index (χ1) is 11.7. The third-order valence-corrected chi connectivity index (χ3v) is 6.03. The Hall–Kier alpha value is -1.76. The summed E-state index contributed by atoms with van der Waals surface area (Å²) in [5.41, 5.74) is 2.08. The maximum Gasteiger partial charge on any atom is 0.174 e. The molecule has 3 nitrogen and oxygen atoms in total. The van der Waals surface area contributed by atoms with Gasteiger partial charge in [-0.3, -0.25) is 4.98 Å². The fourth-order valence-electron chi connectivity index (χ4n) is 3.00. The molecule has 2 unspecified atom stereocenters. The highest BCUT2D eigenvalue weighted by Crippen LogP contribution is 2.44. The van der Waals surface area contributed by atoms with Crippen LogP contribution in [0.3, 0.4) is 0 Å². The summed E-state index contributed by atoms with van der Waals surface area (Å²) in [6, 6.07) is 20.6. The van der Waals surface area contributed by atoms with Gasteiger partial charge in [-0.2, -0.15) is 0 Å². The SMILES string of the molecule is S=C1NC(c2ccccn2)C(c2ccc(Br)s2)N1c1ccccc1. The van der Waals surface area contributed by atoms with Crippen LogP contribution in [0, 0.1) is 0 Å². The number of halogens is 1. The van der Waals surface area contributed by atoms with E-state index in [0.29, 0.717) is 0 Å². The minimum Gasteiger partial charge on any atom is -0.351 e. The van der Waals surface area contributed by atoms with Crippen LogP contribution in [0.2, 0.25) is 0 Å². The molecule has 1 N–H and O–H groups in total. The van der Waals surface area contributed by atoms with Crippen LogP contribution in [0.5, 0.6) is 0 Å². The number of anilines is 1. The largest absolute Gasteiger partial charge is 0.351 e. The van der Waals surface area contributed by atoms with Gasteiger partial charge >= 0.3 is 0 Å². The molecule has 0 bridgehead atoms. The predicted molar refractivity (Wildman–Crippen MR) is 106 cm³/mol. The van der Waals surface area contributed by atoms with Crippen molar-refractivity contribution in [3.8, 4) is 0 Å². The lowest BCUT2D eigenvalue weighted by Gasteiger charge is -2.26. The quantitative estimate of drug-likeness (QED) is 0.603. The highest BCUT2D eigenvalue weighted by atomic mass is 79.9. The first-order valence-electron chi connectivity index (χ1n) is 7.55. The second kappa shape index (κ2) is 6.63. The average molecular weight is 416 g/mol. The zero-order valence-electron chi connectivity index (χ0n) is 12.6. The summed E-state index contributed by atoms with van der Waals surface area (Å²) in [6.07, 6.45) is 1.83. The van der Waals surface area contributed by atoms with Crippen molar-refractivity contribution in [3.63, 3.8) is 0 Å². The van der Waals surface area contributed by atoms with Crippen molar-refractivity contribution < 1.29 is 0 Å². The molecule has 2 aromatic heterocycles. The number of hydrogen-bond acceptors (Lipinski definition) is 3. The number of rotatable bonds is 3. The Bertz CT molecular complexity index is 851. The minimum atomic E-state index is 0.0180. The van der Waals surface area contributed by atoms with Gasteiger partial charge in [0.15, 0.2) is 5.11 Å². The van der Waals surface area contributed by atoms with Crippen molar-refractivity contribution >= 4 is 50.3 Å². The molecule has 120 valence electrons. The van der Waals surface area contributed by atoms with Gasteiger partial charge in [-0.05, 0) is 64.5 Å². The zero-order chi connectivity index (χ0) is 16.5. The van der Waals surface area contributed by atoms with E-state index in [0.717, 1.165) is 20.3 Å². The number of para-hydroxylation sites is 1. The summed E-state index contributed by atoms with van der Waals surface area (Å²) in [7, 11) is 0. The highest BCUT2D eigenvalue weighted by Gasteiger charge is 2.41. The fourth-order valence-corrected chi connectivity index (χ4v) is 4.90. The average Bonchev–Trinajstić information content (AvgIpc) is 3.19. The first kappa shape index (κ1) is 15.7. The number of benzene rings is 1. The maximum atomic E-state index is 5.66. The third-order valence-electron chi connectivity index (χ3n) is 4.02. The summed E-state index contributed by atoms with van der Waals surface area (Å²) >= 11 is 11.0. The highest BCUT2D eigenvalue weighted by molar-refractivity contribution is 9.11. The van der Waals surface area contributed by atoms with E-state index in [1.165, 1.54) is 4.88 Å². The number of thiophene rings is 1. The summed E-state index contributed by atoms with van der Waals surface area (Å²) in [5, 5.41) is 4.19. The molecule has 0 radical (unpaired) electrons. The van der Waals surface area contributed by atoms with E-state index in [1.54, 1.807) is 11.3 Å². The van der Waals surface area contributed by atoms with Gasteiger partial charge in [0.05, 0.1) is 21.6 Å². The van der Waals surface area contributed by atoms with E-state index in [-0.39, 0.29) is 12.1 Å². The van der Waals surface area contributed by atoms with Crippen molar-refractivity contribution in [1.29, 1.82) is 0 Å². The van der Waals surface area contributed by atoms with Crippen LogP contribution in [0.25, 0.3) is 0 Å². The van der Waals surface area contributed by atoms with Gasteiger partial charge in [-0.15, -0.1) is 11.3 Å². The molecule has 1 aliphatic heterocycles. The van der Waals surface area contributed by atoms with Crippen LogP contribution < -0.4 is 10.2 Å². The van der Waals surface area contributed by atoms with Gasteiger partial charge in [-0.25, -0.2) is 0 Å². The van der Waals surface area contributed by atoms with E-state index in [9.17, 15) is 0 Å². The molecular formula is C18H14BrN3S2. The molecule has 24 heavy (non-hydrogen) atoms. The molecular weight excluding hydrogens is 402 g/mol. The monoisotopic (exact) mass is 415 g/mol. The van der Waals surface area contributed by atoms with Gasteiger partial charge in [-0.1, -0.05) is 24.3 Å². The summed E-state index contributed by atoms with van der Waals surface area (Å²) in [6.45, 7) is 0. The van der Waals surface area contributed by atoms with E-state index < -0.39 is 0 Å². The van der Waals surface area contributed by atoms with Crippen molar-refractivity contribution in [2.75, 3.05) is 4.90 Å². The van der Waals surface area contributed by atoms with Crippen molar-refractivity contribution in [2.45, 2.75) is 12.1 Å². The second-order valence-electron chi connectivity index (χ2n) is 5.47. The van der Waals surface area contributed by atoms with Crippen LogP contribution in [0.1, 0.15) is 22.7 Å². The lowest BCUT2D eigenvalue weighted by molar-refractivity contribution is 0.575. The molecule has 2 atom stereocenters. The number of aromatic nitrogens is 1. The van der Waals surface area contributed by atoms with Crippen molar-refractivity contribution in [1.82, 2.24) is 10.3 Å². The fraction of sp³-hybridized carbons (Fsp3) is 0.111. The standard InChI is InChI=1S/C18H14BrN3S2/c19-15-10-9-14(24-15)17-16(13-8-4-5-11-20-13)21-18(23)22(17)12-6-2-1-3-7-12/h1-11,16-17H,(H,21,23). The zero-order valence-corrected chi connectivity index (χ0v) is 15.8. The van der Waals surface area contributed by atoms with Gasteiger partial charge in [0.25, 0.3) is 0 Å². The number of thiocarbonyl (C=S) groups is 1. The Morgan fingerprint density at radius 1 is 1.04 bits per heavy atom. The molecule has 0 aliphatic carbocycles. The predicted octanol–water partition coefficient (Wildman–Crippen LogP) is 5.08. The molecule has 1 fully saturated rings. The topological polar surface area (TPSA) is 28.2 Å². The van der Waals surface area contributed by atoms with Crippen LogP contribution in [0.15, 0.2) is 70.6 Å². The van der Waals surface area contributed by atoms with Gasteiger partial charge < -0.3 is 10.2 Å². The van der Waals surface area contributed by atoms with Crippen molar-refractivity contribution in [3.05, 3.63) is 81.2 Å². The van der Waals surface area contributed by atoms with Crippen LogP contribution in [0.4, 0.5) is 5.69 Å². The summed E-state index contributed by atoms with van der Waals surface area (Å²) < 4.78 is 1.11. The molecule has 0 amide bonds. The maximum absolute atomic E-state index is 5.66. The number of nitrogens with zero attached hydrogens (tertiary/aromatic N) is 2. The van der Waals surface area contributed by atoms with Gasteiger partial charge in [0, 0.05) is 16.8 Å². The Morgan fingerprint density at radius 3 is 2.50 bits per heavy atom. The Kier molecular flexibility index (Phi) is 4.35. The van der Waals surface area contributed by atoms with E-state index in [2.05, 4.69) is 55.4 Å². The van der Waals surface area contributed by atoms with Crippen LogP contribution >= 0.6 is 39.5 Å².